The number of nitrogens with zero attached hydrogens (tertiary/aromatic N) is 1. The van der Waals surface area contributed by atoms with Crippen LogP contribution in [0.25, 0.3) is 0 Å². The molecule has 2 fully saturated rings. The second kappa shape index (κ2) is 6.80. The highest BCUT2D eigenvalue weighted by molar-refractivity contribution is 6.30. The molecule has 4 heteroatoms. The normalized spacial score (nSPS) is 18.0. The van der Waals surface area contributed by atoms with E-state index in [4.69, 9.17) is 11.6 Å². The van der Waals surface area contributed by atoms with Crippen molar-refractivity contribution in [3.05, 3.63) is 34.9 Å². The van der Waals surface area contributed by atoms with Crippen LogP contribution in [-0.4, -0.2) is 36.5 Å². The Bertz CT molecular complexity index is 480. The lowest BCUT2D eigenvalue weighted by atomic mass is 10.1. The molecule has 0 unspecified atom stereocenters. The van der Waals surface area contributed by atoms with Crippen LogP contribution in [0.15, 0.2) is 24.3 Å². The monoisotopic (exact) mass is 306 g/mol. The van der Waals surface area contributed by atoms with Crippen LogP contribution >= 0.6 is 11.6 Å². The number of hydrogen-bond donors (Lipinski definition) is 1. The first-order valence-electron chi connectivity index (χ1n) is 7.95. The molecule has 1 aromatic carbocycles. The lowest BCUT2D eigenvalue weighted by molar-refractivity contribution is -0.122. The number of rotatable bonds is 8. The number of nitrogens with one attached hydrogen (secondary N) is 1. The van der Waals surface area contributed by atoms with Crippen LogP contribution in [-0.2, 0) is 11.2 Å². The first kappa shape index (κ1) is 14.9. The highest BCUT2D eigenvalue weighted by Crippen LogP contribution is 2.29. The Labute approximate surface area is 131 Å². The van der Waals surface area contributed by atoms with Crippen LogP contribution in [0, 0.1) is 5.92 Å². The van der Waals surface area contributed by atoms with Crippen molar-refractivity contribution in [1.29, 1.82) is 0 Å². The highest BCUT2D eigenvalue weighted by atomic mass is 35.5. The number of amides is 1. The second-order valence-electron chi connectivity index (χ2n) is 6.40. The van der Waals surface area contributed by atoms with Crippen molar-refractivity contribution in [2.24, 2.45) is 5.92 Å². The molecule has 0 aromatic heterocycles. The Morgan fingerprint density at radius 3 is 2.52 bits per heavy atom. The molecule has 2 aliphatic carbocycles. The molecule has 3 rings (SSSR count). The Morgan fingerprint density at radius 1 is 1.19 bits per heavy atom. The molecular formula is C17H23ClN2O. The number of halogens is 1. The van der Waals surface area contributed by atoms with Gasteiger partial charge in [0, 0.05) is 24.2 Å². The number of carbonyl (C=O) groups excluding carboxylic acids is 1. The number of benzene rings is 1. The van der Waals surface area contributed by atoms with E-state index < -0.39 is 0 Å². The maximum Gasteiger partial charge on any atom is 0.234 e. The molecule has 1 N–H and O–H groups in total. The molecule has 2 aliphatic rings. The van der Waals surface area contributed by atoms with Gasteiger partial charge in [0.2, 0.25) is 5.91 Å². The van der Waals surface area contributed by atoms with Crippen LogP contribution in [0.1, 0.15) is 31.2 Å². The third-order valence-electron chi connectivity index (χ3n) is 4.15. The van der Waals surface area contributed by atoms with Gasteiger partial charge in [0.05, 0.1) is 6.54 Å². The van der Waals surface area contributed by atoms with Crippen molar-refractivity contribution in [3.8, 4) is 0 Å². The zero-order valence-corrected chi connectivity index (χ0v) is 13.1. The van der Waals surface area contributed by atoms with E-state index in [1.54, 1.807) is 0 Å². The van der Waals surface area contributed by atoms with Crippen LogP contribution in [0.2, 0.25) is 5.02 Å². The average molecular weight is 307 g/mol. The highest BCUT2D eigenvalue weighted by Gasteiger charge is 2.27. The van der Waals surface area contributed by atoms with Gasteiger partial charge in [-0.15, -0.1) is 0 Å². The molecule has 0 radical (unpaired) electrons. The van der Waals surface area contributed by atoms with Crippen molar-refractivity contribution >= 4 is 17.5 Å². The predicted molar refractivity (Wildman–Crippen MR) is 85.5 cm³/mol. The molecule has 1 amide bonds. The quantitative estimate of drug-likeness (QED) is 0.801. The van der Waals surface area contributed by atoms with Crippen LogP contribution in [0.4, 0.5) is 0 Å². The van der Waals surface area contributed by atoms with Gasteiger partial charge in [0.1, 0.15) is 0 Å². The van der Waals surface area contributed by atoms with E-state index in [0.717, 1.165) is 43.3 Å². The lowest BCUT2D eigenvalue weighted by Crippen LogP contribution is -2.40. The summed E-state index contributed by atoms with van der Waals surface area (Å²) >= 11 is 5.91. The minimum atomic E-state index is 0.189. The summed E-state index contributed by atoms with van der Waals surface area (Å²) in [4.78, 5) is 14.3. The summed E-state index contributed by atoms with van der Waals surface area (Å²) in [6.07, 6.45) is 5.92. The van der Waals surface area contributed by atoms with Gasteiger partial charge in [-0.05, 0) is 55.7 Å². The lowest BCUT2D eigenvalue weighted by Gasteiger charge is -2.21. The Hall–Kier alpha value is -1.06. The average Bonchev–Trinajstić information content (AvgIpc) is 3.34. The fraction of sp³-hybridized carbons (Fsp3) is 0.588. The van der Waals surface area contributed by atoms with Crippen molar-refractivity contribution in [3.63, 3.8) is 0 Å². The third-order valence-corrected chi connectivity index (χ3v) is 4.40. The first-order chi connectivity index (χ1) is 10.2. The molecule has 3 nitrogen and oxygen atoms in total. The largest absolute Gasteiger partial charge is 0.352 e. The van der Waals surface area contributed by atoms with Crippen molar-refractivity contribution < 1.29 is 4.79 Å². The van der Waals surface area contributed by atoms with Crippen LogP contribution in [0.5, 0.6) is 0 Å². The predicted octanol–water partition coefficient (Wildman–Crippen LogP) is 2.87. The molecular weight excluding hydrogens is 284 g/mol. The van der Waals surface area contributed by atoms with Gasteiger partial charge in [-0.25, -0.2) is 0 Å². The van der Waals surface area contributed by atoms with E-state index in [-0.39, 0.29) is 5.91 Å². The van der Waals surface area contributed by atoms with Gasteiger partial charge < -0.3 is 5.32 Å². The van der Waals surface area contributed by atoms with E-state index in [9.17, 15) is 4.79 Å². The molecule has 0 spiro atoms. The van der Waals surface area contributed by atoms with E-state index in [2.05, 4.69) is 22.3 Å². The molecule has 0 bridgehead atoms. The van der Waals surface area contributed by atoms with E-state index in [0.29, 0.717) is 12.6 Å². The van der Waals surface area contributed by atoms with Gasteiger partial charge >= 0.3 is 0 Å². The molecule has 21 heavy (non-hydrogen) atoms. The fourth-order valence-corrected chi connectivity index (χ4v) is 2.67. The van der Waals surface area contributed by atoms with Crippen LogP contribution in [0.3, 0.4) is 0 Å². The smallest absolute Gasteiger partial charge is 0.234 e. The standard InChI is InChI=1S/C17H23ClN2O/c18-15-5-3-13(4-6-15)9-10-20(11-14-1-2-14)12-17(21)19-16-7-8-16/h3-6,14,16H,1-2,7-12H2,(H,19,21). The zero-order valence-electron chi connectivity index (χ0n) is 12.4. The Balaban J connectivity index is 1.48. The SMILES string of the molecule is O=C(CN(CCc1ccc(Cl)cc1)CC1CC1)NC1CC1. The maximum absolute atomic E-state index is 12.0. The van der Waals surface area contributed by atoms with Gasteiger partial charge in [-0.3, -0.25) is 9.69 Å². The topological polar surface area (TPSA) is 32.3 Å². The van der Waals surface area contributed by atoms with Gasteiger partial charge in [-0.1, -0.05) is 23.7 Å². The number of hydrogen-bond acceptors (Lipinski definition) is 2. The summed E-state index contributed by atoms with van der Waals surface area (Å²) < 4.78 is 0. The third kappa shape index (κ3) is 5.33. The van der Waals surface area contributed by atoms with Crippen molar-refractivity contribution in [2.75, 3.05) is 19.6 Å². The number of carbonyl (C=O) groups is 1. The molecule has 2 saturated carbocycles. The molecule has 0 atom stereocenters. The fourth-order valence-electron chi connectivity index (χ4n) is 2.54. The summed E-state index contributed by atoms with van der Waals surface area (Å²) in [6.45, 7) is 2.54. The summed E-state index contributed by atoms with van der Waals surface area (Å²) in [5.74, 6) is 0.998. The Kier molecular flexibility index (Phi) is 4.81. The molecule has 0 saturated heterocycles. The Morgan fingerprint density at radius 2 is 1.90 bits per heavy atom. The minimum absolute atomic E-state index is 0.189. The molecule has 0 heterocycles. The van der Waals surface area contributed by atoms with Crippen LogP contribution < -0.4 is 5.32 Å². The zero-order chi connectivity index (χ0) is 14.7. The van der Waals surface area contributed by atoms with Gasteiger partial charge in [-0.2, -0.15) is 0 Å². The molecule has 0 aliphatic heterocycles. The van der Waals surface area contributed by atoms with Gasteiger partial charge in [0.25, 0.3) is 0 Å². The van der Waals surface area contributed by atoms with E-state index in [1.165, 1.54) is 18.4 Å². The second-order valence-corrected chi connectivity index (χ2v) is 6.83. The van der Waals surface area contributed by atoms with E-state index in [1.807, 2.05) is 12.1 Å². The molecule has 1 aromatic rings. The molecule has 114 valence electrons. The van der Waals surface area contributed by atoms with Crippen molar-refractivity contribution in [1.82, 2.24) is 10.2 Å². The van der Waals surface area contributed by atoms with E-state index >= 15 is 0 Å². The summed E-state index contributed by atoms with van der Waals surface area (Å²) in [6, 6.07) is 8.46. The minimum Gasteiger partial charge on any atom is -0.352 e. The summed E-state index contributed by atoms with van der Waals surface area (Å²) in [5.41, 5.74) is 1.28. The van der Waals surface area contributed by atoms with Crippen molar-refractivity contribution in [2.45, 2.75) is 38.1 Å². The maximum atomic E-state index is 12.0. The van der Waals surface area contributed by atoms with Gasteiger partial charge in [0.15, 0.2) is 0 Å². The first-order valence-corrected chi connectivity index (χ1v) is 8.33. The summed E-state index contributed by atoms with van der Waals surface area (Å²) in [5, 5.41) is 3.86. The summed E-state index contributed by atoms with van der Waals surface area (Å²) in [7, 11) is 0.